The summed E-state index contributed by atoms with van der Waals surface area (Å²) < 4.78 is 0.842. The molecule has 2 unspecified atom stereocenters. The lowest BCUT2D eigenvalue weighted by Crippen LogP contribution is -2.45. The van der Waals surface area contributed by atoms with Crippen LogP contribution in [0.3, 0.4) is 0 Å². The second kappa shape index (κ2) is 5.02. The topological polar surface area (TPSA) is 38.0 Å². The highest BCUT2D eigenvalue weighted by Crippen LogP contribution is 2.38. The largest absolute Gasteiger partial charge is 0.271 e. The van der Waals surface area contributed by atoms with Gasteiger partial charge in [0.05, 0.1) is 4.34 Å². The maximum Gasteiger partial charge on any atom is 0.0931 e. The molecule has 1 heterocycles. The number of hydrogen-bond donors (Lipinski definition) is 2. The van der Waals surface area contributed by atoms with E-state index in [0.29, 0.717) is 5.92 Å². The molecule has 1 aliphatic rings. The Hall–Kier alpha value is -0.870. The van der Waals surface area contributed by atoms with Gasteiger partial charge in [0.15, 0.2) is 0 Å². The molecule has 2 nitrogen and oxygen atoms in total. The third-order valence-corrected chi connectivity index (χ3v) is 4.90. The number of fused-ring (bicyclic) bond motifs is 1. The lowest BCUT2D eigenvalue weighted by atomic mass is 9.73. The van der Waals surface area contributed by atoms with Crippen LogP contribution in [0, 0.1) is 0 Å². The minimum Gasteiger partial charge on any atom is -0.271 e. The van der Waals surface area contributed by atoms with Crippen LogP contribution >= 0.6 is 22.9 Å². The SMILES string of the molecule is NNC(Cc1ccc(Cl)s1)C1Cc2ccccc21. The van der Waals surface area contributed by atoms with E-state index in [1.807, 2.05) is 6.07 Å². The van der Waals surface area contributed by atoms with Gasteiger partial charge in [0.25, 0.3) is 0 Å². The van der Waals surface area contributed by atoms with Crippen LogP contribution in [0.4, 0.5) is 0 Å². The van der Waals surface area contributed by atoms with Crippen LogP contribution in [-0.4, -0.2) is 6.04 Å². The number of hydrogen-bond acceptors (Lipinski definition) is 3. The number of halogens is 1. The molecule has 94 valence electrons. The van der Waals surface area contributed by atoms with Crippen molar-refractivity contribution in [3.8, 4) is 0 Å². The van der Waals surface area contributed by atoms with Gasteiger partial charge >= 0.3 is 0 Å². The van der Waals surface area contributed by atoms with E-state index in [1.165, 1.54) is 16.0 Å². The van der Waals surface area contributed by atoms with Crippen molar-refractivity contribution in [2.75, 3.05) is 0 Å². The molecule has 0 saturated heterocycles. The van der Waals surface area contributed by atoms with Crippen LogP contribution in [0.15, 0.2) is 36.4 Å². The smallest absolute Gasteiger partial charge is 0.0931 e. The molecule has 0 saturated carbocycles. The van der Waals surface area contributed by atoms with Gasteiger partial charge in [0.2, 0.25) is 0 Å². The maximum absolute atomic E-state index is 5.96. The van der Waals surface area contributed by atoms with Gasteiger partial charge < -0.3 is 0 Å². The molecule has 4 heteroatoms. The van der Waals surface area contributed by atoms with Gasteiger partial charge in [-0.15, -0.1) is 11.3 Å². The van der Waals surface area contributed by atoms with Crippen molar-refractivity contribution < 1.29 is 0 Å². The monoisotopic (exact) mass is 278 g/mol. The van der Waals surface area contributed by atoms with Crippen LogP contribution in [0.1, 0.15) is 21.9 Å². The number of rotatable bonds is 4. The van der Waals surface area contributed by atoms with Crippen molar-refractivity contribution in [2.45, 2.75) is 24.8 Å². The molecule has 3 N–H and O–H groups in total. The van der Waals surface area contributed by atoms with Crippen LogP contribution in [-0.2, 0) is 12.8 Å². The van der Waals surface area contributed by atoms with Gasteiger partial charge in [-0.25, -0.2) is 0 Å². The van der Waals surface area contributed by atoms with E-state index in [9.17, 15) is 0 Å². The van der Waals surface area contributed by atoms with E-state index in [0.717, 1.165) is 17.2 Å². The third kappa shape index (κ3) is 2.19. The maximum atomic E-state index is 5.96. The molecule has 0 bridgehead atoms. The van der Waals surface area contributed by atoms with E-state index in [-0.39, 0.29) is 6.04 Å². The molecular weight excluding hydrogens is 264 g/mol. The minimum absolute atomic E-state index is 0.287. The molecule has 0 amide bonds. The minimum atomic E-state index is 0.287. The predicted molar refractivity (Wildman–Crippen MR) is 77.0 cm³/mol. The van der Waals surface area contributed by atoms with Crippen molar-refractivity contribution in [1.82, 2.24) is 5.43 Å². The highest BCUT2D eigenvalue weighted by Gasteiger charge is 2.32. The van der Waals surface area contributed by atoms with Crippen molar-refractivity contribution >= 4 is 22.9 Å². The van der Waals surface area contributed by atoms with Crippen LogP contribution in [0.25, 0.3) is 0 Å². The molecule has 2 aromatic rings. The van der Waals surface area contributed by atoms with Crippen molar-refractivity contribution in [3.63, 3.8) is 0 Å². The summed E-state index contributed by atoms with van der Waals surface area (Å²) in [5.74, 6) is 6.24. The molecule has 0 radical (unpaired) electrons. The van der Waals surface area contributed by atoms with Crippen LogP contribution < -0.4 is 11.3 Å². The zero-order valence-electron chi connectivity index (χ0n) is 9.90. The fraction of sp³-hybridized carbons (Fsp3) is 0.286. The van der Waals surface area contributed by atoms with Crippen LogP contribution in [0.5, 0.6) is 0 Å². The number of nitrogens with one attached hydrogen (secondary N) is 1. The van der Waals surface area contributed by atoms with E-state index >= 15 is 0 Å². The average Bonchev–Trinajstić information content (AvgIpc) is 2.75. The Morgan fingerprint density at radius 1 is 1.33 bits per heavy atom. The van der Waals surface area contributed by atoms with E-state index < -0.39 is 0 Å². The lowest BCUT2D eigenvalue weighted by molar-refractivity contribution is 0.406. The van der Waals surface area contributed by atoms with Gasteiger partial charge in [-0.1, -0.05) is 35.9 Å². The first-order valence-electron chi connectivity index (χ1n) is 6.06. The summed E-state index contributed by atoms with van der Waals surface area (Å²) in [5.41, 5.74) is 5.85. The first kappa shape index (κ1) is 12.2. The Morgan fingerprint density at radius 3 is 2.83 bits per heavy atom. The molecule has 3 rings (SSSR count). The second-order valence-corrected chi connectivity index (χ2v) is 6.49. The molecule has 1 aromatic carbocycles. The highest BCUT2D eigenvalue weighted by molar-refractivity contribution is 7.16. The van der Waals surface area contributed by atoms with Gasteiger partial charge in [0, 0.05) is 16.8 Å². The summed E-state index contributed by atoms with van der Waals surface area (Å²) >= 11 is 7.60. The van der Waals surface area contributed by atoms with Crippen molar-refractivity contribution in [2.24, 2.45) is 5.84 Å². The van der Waals surface area contributed by atoms with Gasteiger partial charge in [-0.2, -0.15) is 0 Å². The molecule has 0 aliphatic heterocycles. The Labute approximate surface area is 116 Å². The lowest BCUT2D eigenvalue weighted by Gasteiger charge is -2.36. The number of hydrazine groups is 1. The summed E-state index contributed by atoms with van der Waals surface area (Å²) in [5, 5.41) is 0. The Morgan fingerprint density at radius 2 is 2.17 bits per heavy atom. The Kier molecular flexibility index (Phi) is 3.39. The van der Waals surface area contributed by atoms with Crippen LogP contribution in [0.2, 0.25) is 4.34 Å². The first-order chi connectivity index (χ1) is 8.78. The predicted octanol–water partition coefficient (Wildman–Crippen LogP) is 3.12. The van der Waals surface area contributed by atoms with E-state index in [1.54, 1.807) is 11.3 Å². The Bertz CT molecular complexity index is 552. The normalized spacial score (nSPS) is 19.1. The van der Waals surface area contributed by atoms with Gasteiger partial charge in [-0.05, 0) is 36.1 Å². The van der Waals surface area contributed by atoms with Crippen molar-refractivity contribution in [1.29, 1.82) is 0 Å². The summed E-state index contributed by atoms with van der Waals surface area (Å²) in [6.07, 6.45) is 2.05. The van der Waals surface area contributed by atoms with E-state index in [4.69, 9.17) is 17.4 Å². The van der Waals surface area contributed by atoms with E-state index in [2.05, 4.69) is 35.8 Å². The molecule has 18 heavy (non-hydrogen) atoms. The molecule has 1 aliphatic carbocycles. The second-order valence-electron chi connectivity index (χ2n) is 4.69. The summed E-state index contributed by atoms with van der Waals surface area (Å²) in [4.78, 5) is 1.28. The first-order valence-corrected chi connectivity index (χ1v) is 7.25. The zero-order chi connectivity index (χ0) is 12.5. The summed E-state index contributed by atoms with van der Waals surface area (Å²) in [6.45, 7) is 0. The number of thiophene rings is 1. The molecular formula is C14H15ClN2S. The molecule has 0 spiro atoms. The van der Waals surface area contributed by atoms with Crippen molar-refractivity contribution in [3.05, 3.63) is 56.7 Å². The van der Waals surface area contributed by atoms with Gasteiger partial charge in [0.1, 0.15) is 0 Å². The number of benzene rings is 1. The fourth-order valence-corrected chi connectivity index (χ4v) is 3.80. The Balaban J connectivity index is 1.75. The number of nitrogens with two attached hydrogens (primary N) is 1. The summed E-state index contributed by atoms with van der Waals surface area (Å²) in [6, 6.07) is 12.9. The molecule has 2 atom stereocenters. The quantitative estimate of drug-likeness (QED) is 0.666. The molecule has 0 fully saturated rings. The summed E-state index contributed by atoms with van der Waals surface area (Å²) in [7, 11) is 0. The fourth-order valence-electron chi connectivity index (χ4n) is 2.65. The molecule has 1 aromatic heterocycles. The zero-order valence-corrected chi connectivity index (χ0v) is 11.5. The average molecular weight is 279 g/mol. The van der Waals surface area contributed by atoms with Gasteiger partial charge in [-0.3, -0.25) is 11.3 Å². The highest BCUT2D eigenvalue weighted by atomic mass is 35.5. The standard InChI is InChI=1S/C14H15ClN2S/c15-14-6-5-10(18-14)8-13(17-16)12-7-9-3-1-2-4-11(9)12/h1-6,12-13,17H,7-8,16H2. The third-order valence-electron chi connectivity index (χ3n) is 3.64.